The molecule has 4 aliphatic heterocycles. The Morgan fingerprint density at radius 1 is 0.448 bits per heavy atom. The number of halogens is 4. The fraction of sp³-hybridized carbons (Fsp3) is 0.455. The molecule has 8 heterocycles. The van der Waals surface area contributed by atoms with E-state index in [9.17, 15) is 91.5 Å². The highest BCUT2D eigenvalue weighted by atomic mass is 32.1. The Kier molecular flexibility index (Phi) is 23.0. The molecule has 96 heavy (non-hydrogen) atoms. The number of phosphoric ester groups is 4. The summed E-state index contributed by atoms with van der Waals surface area (Å²) in [6, 6.07) is 0. The van der Waals surface area contributed by atoms with Gasteiger partial charge in [-0.3, -0.25) is 56.3 Å². The molecule has 4 saturated heterocycles. The van der Waals surface area contributed by atoms with Crippen LogP contribution in [0, 0.1) is 67.9 Å². The third-order valence-corrected chi connectivity index (χ3v) is 14.9. The minimum absolute atomic E-state index is 0.0396. The molecule has 0 radical (unpaired) electrons. The highest BCUT2D eigenvalue weighted by Gasteiger charge is 2.61. The number of nitrogens with one attached hydrogen (secondary N) is 4. The van der Waals surface area contributed by atoms with Gasteiger partial charge in [-0.05, 0) is 0 Å². The number of aromatic nitrogens is 8. The minimum Gasteiger partial charge on any atom is -0.385 e. The van der Waals surface area contributed by atoms with Crippen LogP contribution in [0.5, 0.6) is 0 Å². The average molecular weight is 1540 g/mol. The second-order valence-electron chi connectivity index (χ2n) is 18.6. The lowest BCUT2D eigenvalue weighted by molar-refractivity contribution is -0.205. The van der Waals surface area contributed by atoms with Gasteiger partial charge < -0.3 is 98.9 Å². The maximum atomic E-state index is 15.1. The molecule has 0 amide bonds. The van der Waals surface area contributed by atoms with E-state index in [1.54, 1.807) is 0 Å². The number of aromatic amines is 4. The number of alkyl halides is 4. The fourth-order valence-corrected chi connectivity index (χ4v) is 9.53. The van der Waals surface area contributed by atoms with E-state index in [4.69, 9.17) is 127 Å². The van der Waals surface area contributed by atoms with Crippen LogP contribution in [0.25, 0.3) is 0 Å². The number of rotatable bonds is 16. The molecule has 4 fully saturated rings. The number of aliphatic hydroxyl groups excluding tert-OH is 8. The van der Waals surface area contributed by atoms with E-state index in [1.165, 1.54) is 0 Å². The lowest BCUT2D eigenvalue weighted by Gasteiger charge is -2.22. The first-order valence-electron chi connectivity index (χ1n) is 27.3. The normalized spacial score (nSPS) is 33.0. The Hall–Kier alpha value is -5.68. The number of terminal acetylenes is 4. The zero-order valence-corrected chi connectivity index (χ0v) is 53.1. The zero-order chi connectivity index (χ0) is 78.6. The second-order valence-corrected chi connectivity index (χ2v) is 25.1. The van der Waals surface area contributed by atoms with Crippen LogP contribution >= 0.6 is 80.2 Å². The maximum Gasteiger partial charge on any atom is 0.469 e. The third kappa shape index (κ3) is 19.4. The molecule has 4 aromatic rings. The standard InChI is InChI=1S/4C11H12FN2O8PS/c4*1-2-5-3-14(10(17)13-8(5)24)9-6(15)7(16)11(12,22-9)4-21-23(18,19)20/h4*1,3,6-7,9,15-16H,4H2,(H,13,17,24)(H2,18,19,20)/t4*6-,7+,9-,11-/m1111/s1/i4D2,9D;9D;4D2;. The number of H-pyrrole nitrogens is 4. The molecule has 20 N–H and O–H groups in total. The van der Waals surface area contributed by atoms with Gasteiger partial charge in [-0.1, -0.05) is 72.6 Å². The Labute approximate surface area is 557 Å². The van der Waals surface area contributed by atoms with E-state index in [0.29, 0.717) is 13.7 Å². The first-order valence-corrected chi connectivity index (χ1v) is 32.1. The summed E-state index contributed by atoms with van der Waals surface area (Å²) in [6.07, 6.45) is -5.18. The molecular formula is C44H48F4N8O32P4S4. The van der Waals surface area contributed by atoms with E-state index >= 15 is 4.39 Å². The summed E-state index contributed by atoms with van der Waals surface area (Å²) in [6.45, 7) is -10.8. The first-order chi connectivity index (χ1) is 46.1. The Morgan fingerprint density at radius 3 is 0.979 bits per heavy atom. The second kappa shape index (κ2) is 30.8. The van der Waals surface area contributed by atoms with Crippen molar-refractivity contribution in [3.8, 4) is 49.4 Å². The van der Waals surface area contributed by atoms with Crippen LogP contribution < -0.4 is 22.8 Å². The van der Waals surface area contributed by atoms with Gasteiger partial charge in [0.1, 0.15) is 93.7 Å². The van der Waals surface area contributed by atoms with Crippen molar-refractivity contribution in [3.63, 3.8) is 0 Å². The largest absolute Gasteiger partial charge is 0.469 e. The van der Waals surface area contributed by atoms with Crippen molar-refractivity contribution in [2.45, 2.75) is 97.1 Å². The van der Waals surface area contributed by atoms with Gasteiger partial charge in [-0.15, -0.1) is 25.7 Å². The van der Waals surface area contributed by atoms with Gasteiger partial charge >= 0.3 is 54.0 Å². The molecule has 0 unspecified atom stereocenters. The molecular weight excluding hydrogens is 1480 g/mol. The zero-order valence-electron chi connectivity index (χ0n) is 52.2. The molecule has 0 spiro atoms. The maximum absolute atomic E-state index is 15.1. The Morgan fingerprint density at radius 2 is 0.677 bits per heavy atom. The predicted octanol–water partition coefficient (Wildman–Crippen LogP) is -4.35. The monoisotopic (exact) mass is 1530 g/mol. The van der Waals surface area contributed by atoms with Crippen LogP contribution in [0.15, 0.2) is 44.0 Å². The summed E-state index contributed by atoms with van der Waals surface area (Å²) in [5, 5.41) is 79.2. The molecule has 528 valence electrons. The topological polar surface area (TPSA) is 617 Å². The van der Waals surface area contributed by atoms with Gasteiger partial charge in [0.25, 0.3) is 23.4 Å². The Bertz CT molecular complexity index is 4820. The van der Waals surface area contributed by atoms with Gasteiger partial charge in [-0.2, -0.15) is 0 Å². The summed E-state index contributed by atoms with van der Waals surface area (Å²) in [4.78, 5) is 126. The van der Waals surface area contributed by atoms with Crippen LogP contribution in [-0.4, -0.2) is 217 Å². The summed E-state index contributed by atoms with van der Waals surface area (Å²) in [5.41, 5.74) is -4.58. The molecule has 0 aliphatic carbocycles. The third-order valence-electron chi connectivity index (χ3n) is 12.0. The molecule has 16 atom stereocenters. The SMILES string of the molecule is C#Cc1cn([C@@H]2O[C@](F)(COP(=O)(O)O)[C@@H](O)[C@H]2O)c(=O)[nH]c1=S.[2H]C([2H])(OP(=O)(O)O)[C@@]1(F)O[C@@H](n2cc(C#C)c(=S)[nH]c2=O)[C@H](O)[C@@H]1O.[2H]C([2H])(OP(=O)(O)O)[C@@]1(F)O[C@@]([2H])(n2cc(C#C)c(=S)[nH]c2=O)[C@H](O)[C@@H]1O.[2H][C@@]1(n2cc(C#C)c(=S)[nH]c2=O)O[C@](F)(COP(=O)(O)O)[C@@H](O)[C@H]1O. The van der Waals surface area contributed by atoms with Crippen molar-refractivity contribution >= 4 is 80.2 Å². The van der Waals surface area contributed by atoms with Crippen LogP contribution in [0.4, 0.5) is 17.6 Å². The first kappa shape index (κ1) is 71.6. The number of hydrogen-bond acceptors (Lipinski definition) is 28. The molecule has 0 saturated carbocycles. The van der Waals surface area contributed by atoms with Crippen molar-refractivity contribution in [1.82, 2.24) is 38.2 Å². The van der Waals surface area contributed by atoms with Gasteiger partial charge in [0, 0.05) is 24.8 Å². The lowest BCUT2D eigenvalue weighted by atomic mass is 10.1. The van der Waals surface area contributed by atoms with Crippen LogP contribution in [0.3, 0.4) is 0 Å². The van der Waals surface area contributed by atoms with E-state index in [2.05, 4.69) is 65.0 Å². The highest BCUT2D eigenvalue weighted by Crippen LogP contribution is 2.47. The number of phosphoric acid groups is 4. The molecule has 0 bridgehead atoms. The van der Waals surface area contributed by atoms with Crippen molar-refractivity contribution in [3.05, 3.63) is 108 Å². The average Bonchev–Trinajstić information content (AvgIpc) is 1.51. The van der Waals surface area contributed by atoms with E-state index in [-0.39, 0.29) is 45.4 Å². The highest BCUT2D eigenvalue weighted by molar-refractivity contribution is 7.72. The number of nitrogens with zero attached hydrogens (tertiary/aromatic N) is 4. The van der Waals surface area contributed by atoms with Crippen molar-refractivity contribution in [2.75, 3.05) is 26.3 Å². The molecule has 52 heteroatoms. The number of ether oxygens (including phenoxy) is 4. The molecule has 4 aromatic heterocycles. The van der Waals surface area contributed by atoms with Crippen LogP contribution in [0.1, 0.15) is 55.3 Å². The molecule has 0 aromatic carbocycles. The van der Waals surface area contributed by atoms with E-state index in [1.807, 2.05) is 10.9 Å². The van der Waals surface area contributed by atoms with Gasteiger partial charge in [-0.25, -0.2) is 55.0 Å². The Balaban J connectivity index is 0.000000245. The lowest BCUT2D eigenvalue weighted by Crippen LogP contribution is -2.42. The molecule has 8 rings (SSSR count). The van der Waals surface area contributed by atoms with Crippen LogP contribution in [0.2, 0.25) is 0 Å². The number of hydrogen-bond donors (Lipinski definition) is 20. The quantitative estimate of drug-likeness (QED) is 0.0218. The predicted molar refractivity (Wildman–Crippen MR) is 311 cm³/mol. The van der Waals surface area contributed by atoms with Crippen molar-refractivity contribution < 1.29 is 161 Å². The summed E-state index contributed by atoms with van der Waals surface area (Å²) in [5.74, 6) is -6.28. The van der Waals surface area contributed by atoms with E-state index in [0.717, 1.165) is 24.8 Å². The molecule has 4 aliphatic rings. The van der Waals surface area contributed by atoms with Crippen molar-refractivity contribution in [2.24, 2.45) is 0 Å². The van der Waals surface area contributed by atoms with Gasteiger partial charge in [0.2, 0.25) is 0 Å². The van der Waals surface area contributed by atoms with Gasteiger partial charge in [0.15, 0.2) is 24.9 Å². The van der Waals surface area contributed by atoms with Crippen LogP contribution in [-0.2, 0) is 55.3 Å². The number of aliphatic hydroxyl groups is 8. The summed E-state index contributed by atoms with van der Waals surface area (Å²) in [7, 11) is -21.4. The van der Waals surface area contributed by atoms with Gasteiger partial charge in [0.05, 0.1) is 30.5 Å². The minimum atomic E-state index is -5.64. The molecule has 40 nitrogen and oxygen atoms in total. The van der Waals surface area contributed by atoms with E-state index < -0.39 is 177 Å². The fourth-order valence-electron chi connectivity index (χ4n) is 7.56. The smallest absolute Gasteiger partial charge is 0.385 e. The summed E-state index contributed by atoms with van der Waals surface area (Å²) >= 11 is 19.1. The summed E-state index contributed by atoms with van der Waals surface area (Å²) < 4.78 is 183. The van der Waals surface area contributed by atoms with Crippen molar-refractivity contribution in [1.29, 1.82) is 0 Å².